The number of amides is 1. The lowest BCUT2D eigenvalue weighted by Gasteiger charge is -2.13. The summed E-state index contributed by atoms with van der Waals surface area (Å²) in [6.07, 6.45) is 1.31. The maximum absolute atomic E-state index is 13.6. The van der Waals surface area contributed by atoms with E-state index in [1.807, 2.05) is 31.2 Å². The van der Waals surface area contributed by atoms with Crippen LogP contribution in [0.2, 0.25) is 0 Å². The van der Waals surface area contributed by atoms with Gasteiger partial charge in [0.25, 0.3) is 5.91 Å². The Labute approximate surface area is 155 Å². The number of hydrazine groups is 1. The molecule has 0 atom stereocenters. The van der Waals surface area contributed by atoms with Gasteiger partial charge in [-0.05, 0) is 24.6 Å². The highest BCUT2D eigenvalue weighted by Crippen LogP contribution is 2.22. The molecule has 27 heavy (non-hydrogen) atoms. The summed E-state index contributed by atoms with van der Waals surface area (Å²) in [6.45, 7) is 2.55. The van der Waals surface area contributed by atoms with E-state index >= 15 is 0 Å². The van der Waals surface area contributed by atoms with Crippen LogP contribution in [0.3, 0.4) is 0 Å². The minimum atomic E-state index is -0.639. The quantitative estimate of drug-likeness (QED) is 0.500. The molecule has 0 radical (unpaired) electrons. The minimum Gasteiger partial charge on any atom is -0.393 e. The van der Waals surface area contributed by atoms with E-state index < -0.39 is 11.7 Å². The van der Waals surface area contributed by atoms with E-state index in [0.29, 0.717) is 12.4 Å². The number of hydrogen-bond acceptors (Lipinski definition) is 6. The fourth-order valence-corrected chi connectivity index (χ4v) is 2.36. The van der Waals surface area contributed by atoms with Crippen molar-refractivity contribution >= 4 is 23.2 Å². The third kappa shape index (κ3) is 4.49. The van der Waals surface area contributed by atoms with Crippen molar-refractivity contribution in [3.05, 3.63) is 77.4 Å². The van der Waals surface area contributed by atoms with Crippen molar-refractivity contribution in [2.45, 2.75) is 13.5 Å². The van der Waals surface area contributed by atoms with E-state index in [0.717, 1.165) is 5.56 Å². The summed E-state index contributed by atoms with van der Waals surface area (Å²) in [5, 5.41) is 3.13. The number of carbonyl (C=O) groups is 1. The molecule has 138 valence electrons. The van der Waals surface area contributed by atoms with Gasteiger partial charge in [0.15, 0.2) is 11.6 Å². The first-order valence-corrected chi connectivity index (χ1v) is 8.25. The van der Waals surface area contributed by atoms with Crippen LogP contribution in [0.4, 0.5) is 21.7 Å². The van der Waals surface area contributed by atoms with Gasteiger partial charge in [0.1, 0.15) is 17.8 Å². The highest BCUT2D eigenvalue weighted by molar-refractivity contribution is 5.95. The van der Waals surface area contributed by atoms with Gasteiger partial charge < -0.3 is 11.1 Å². The topological polar surface area (TPSA) is 105 Å². The third-order valence-electron chi connectivity index (χ3n) is 3.88. The zero-order chi connectivity index (χ0) is 19.2. The molecule has 0 saturated carbocycles. The number of anilines is 3. The lowest BCUT2D eigenvalue weighted by molar-refractivity contribution is 0.0958. The molecule has 1 heterocycles. The smallest absolute Gasteiger partial charge is 0.272 e. The SMILES string of the molecule is Cc1ccc(CNc2ncnc(NNC(=O)c3ccccc3F)c2N)cc1. The molecule has 0 bridgehead atoms. The third-order valence-corrected chi connectivity index (χ3v) is 3.88. The van der Waals surface area contributed by atoms with Crippen molar-refractivity contribution in [2.24, 2.45) is 0 Å². The van der Waals surface area contributed by atoms with Gasteiger partial charge >= 0.3 is 0 Å². The largest absolute Gasteiger partial charge is 0.393 e. The Morgan fingerprint density at radius 2 is 1.78 bits per heavy atom. The van der Waals surface area contributed by atoms with E-state index in [2.05, 4.69) is 26.1 Å². The molecule has 0 aliphatic rings. The number of hydrogen-bond donors (Lipinski definition) is 4. The van der Waals surface area contributed by atoms with Crippen LogP contribution < -0.4 is 21.9 Å². The Morgan fingerprint density at radius 1 is 1.07 bits per heavy atom. The predicted molar refractivity (Wildman–Crippen MR) is 102 cm³/mol. The molecular formula is C19H19FN6O. The zero-order valence-electron chi connectivity index (χ0n) is 14.7. The number of nitrogen functional groups attached to an aromatic ring is 1. The molecule has 0 aliphatic carbocycles. The van der Waals surface area contributed by atoms with Gasteiger partial charge in [0.2, 0.25) is 0 Å². The molecular weight excluding hydrogens is 347 g/mol. The predicted octanol–water partition coefficient (Wildman–Crippen LogP) is 2.88. The highest BCUT2D eigenvalue weighted by atomic mass is 19.1. The molecule has 2 aromatic carbocycles. The number of nitrogens with zero attached hydrogens (tertiary/aromatic N) is 2. The van der Waals surface area contributed by atoms with Crippen LogP contribution in [0.25, 0.3) is 0 Å². The average molecular weight is 366 g/mol. The lowest BCUT2D eigenvalue weighted by atomic mass is 10.1. The van der Waals surface area contributed by atoms with E-state index in [1.165, 1.54) is 30.1 Å². The molecule has 1 amide bonds. The lowest BCUT2D eigenvalue weighted by Crippen LogP contribution is -2.31. The minimum absolute atomic E-state index is 0.0876. The Bertz CT molecular complexity index is 945. The second kappa shape index (κ2) is 8.13. The van der Waals surface area contributed by atoms with Crippen LogP contribution in [-0.4, -0.2) is 15.9 Å². The molecule has 0 aliphatic heterocycles. The number of rotatable bonds is 6. The molecule has 0 fully saturated rings. The zero-order valence-corrected chi connectivity index (χ0v) is 14.7. The second-order valence-corrected chi connectivity index (χ2v) is 5.88. The molecule has 3 rings (SSSR count). The monoisotopic (exact) mass is 366 g/mol. The van der Waals surface area contributed by atoms with E-state index in [-0.39, 0.29) is 17.1 Å². The van der Waals surface area contributed by atoms with Crippen molar-refractivity contribution in [2.75, 3.05) is 16.5 Å². The highest BCUT2D eigenvalue weighted by Gasteiger charge is 2.12. The Morgan fingerprint density at radius 3 is 2.52 bits per heavy atom. The number of nitrogens with one attached hydrogen (secondary N) is 3. The van der Waals surface area contributed by atoms with Gasteiger partial charge in [-0.2, -0.15) is 0 Å². The summed E-state index contributed by atoms with van der Waals surface area (Å²) in [7, 11) is 0. The van der Waals surface area contributed by atoms with Crippen LogP contribution in [-0.2, 0) is 6.54 Å². The number of halogens is 1. The molecule has 0 unspecified atom stereocenters. The first-order chi connectivity index (χ1) is 13.0. The average Bonchev–Trinajstić information content (AvgIpc) is 2.67. The van der Waals surface area contributed by atoms with Gasteiger partial charge in [0, 0.05) is 6.54 Å². The summed E-state index contributed by atoms with van der Waals surface area (Å²) in [6, 6.07) is 13.7. The molecule has 0 saturated heterocycles. The van der Waals surface area contributed by atoms with Gasteiger partial charge in [-0.25, -0.2) is 14.4 Å². The van der Waals surface area contributed by atoms with Crippen LogP contribution in [0, 0.1) is 12.7 Å². The summed E-state index contributed by atoms with van der Waals surface area (Å²) in [4.78, 5) is 20.2. The first-order valence-electron chi connectivity index (χ1n) is 8.25. The number of aromatic nitrogens is 2. The summed E-state index contributed by atoms with van der Waals surface area (Å²) in [5.41, 5.74) is 13.4. The van der Waals surface area contributed by atoms with Crippen molar-refractivity contribution in [3.63, 3.8) is 0 Å². The normalized spacial score (nSPS) is 10.3. The van der Waals surface area contributed by atoms with Crippen molar-refractivity contribution < 1.29 is 9.18 Å². The number of benzene rings is 2. The summed E-state index contributed by atoms with van der Waals surface area (Å²) in [5.74, 6) is -0.623. The van der Waals surface area contributed by atoms with E-state index in [4.69, 9.17) is 5.73 Å². The second-order valence-electron chi connectivity index (χ2n) is 5.88. The maximum Gasteiger partial charge on any atom is 0.272 e. The molecule has 5 N–H and O–H groups in total. The summed E-state index contributed by atoms with van der Waals surface area (Å²) >= 11 is 0. The van der Waals surface area contributed by atoms with Gasteiger partial charge in [-0.1, -0.05) is 42.0 Å². The fraction of sp³-hybridized carbons (Fsp3) is 0.105. The first kappa shape index (κ1) is 18.1. The van der Waals surface area contributed by atoms with Crippen LogP contribution in [0.5, 0.6) is 0 Å². The fourth-order valence-electron chi connectivity index (χ4n) is 2.36. The molecule has 7 nitrogen and oxygen atoms in total. The van der Waals surface area contributed by atoms with Crippen molar-refractivity contribution in [1.29, 1.82) is 0 Å². The molecule has 0 spiro atoms. The number of nitrogens with two attached hydrogens (primary N) is 1. The van der Waals surface area contributed by atoms with Gasteiger partial charge in [-0.3, -0.25) is 15.6 Å². The van der Waals surface area contributed by atoms with Crippen LogP contribution >= 0.6 is 0 Å². The van der Waals surface area contributed by atoms with Crippen molar-refractivity contribution in [3.8, 4) is 0 Å². The van der Waals surface area contributed by atoms with Gasteiger partial charge in [0.05, 0.1) is 5.56 Å². The van der Waals surface area contributed by atoms with Crippen LogP contribution in [0.1, 0.15) is 21.5 Å². The van der Waals surface area contributed by atoms with E-state index in [1.54, 1.807) is 6.07 Å². The Balaban J connectivity index is 1.65. The standard InChI is InChI=1S/C19H19FN6O/c1-12-6-8-13(9-7-12)10-22-17-16(21)18(24-11-23-17)25-26-19(27)14-4-2-3-5-15(14)20/h2-9,11H,10,21H2,1H3,(H,26,27)(H2,22,23,24,25). The van der Waals surface area contributed by atoms with Crippen molar-refractivity contribution in [1.82, 2.24) is 15.4 Å². The van der Waals surface area contributed by atoms with Gasteiger partial charge in [-0.15, -0.1) is 0 Å². The molecule has 3 aromatic rings. The summed E-state index contributed by atoms with van der Waals surface area (Å²) < 4.78 is 13.6. The Kier molecular flexibility index (Phi) is 5.46. The van der Waals surface area contributed by atoms with Crippen LogP contribution in [0.15, 0.2) is 54.9 Å². The Hall–Kier alpha value is -3.68. The number of carbonyl (C=O) groups excluding carboxylic acids is 1. The number of aryl methyl sites for hydroxylation is 1. The maximum atomic E-state index is 13.6. The molecule has 1 aromatic heterocycles. The molecule has 8 heteroatoms. The van der Waals surface area contributed by atoms with E-state index in [9.17, 15) is 9.18 Å².